The van der Waals surface area contributed by atoms with Crippen LogP contribution in [0.4, 0.5) is 4.39 Å². The van der Waals surface area contributed by atoms with Crippen molar-refractivity contribution in [1.29, 1.82) is 0 Å². The minimum atomic E-state index is -1.08. The molecule has 5 heteroatoms. The van der Waals surface area contributed by atoms with Gasteiger partial charge in [-0.05, 0) is 36.4 Å². The predicted octanol–water partition coefficient (Wildman–Crippen LogP) is 1.35. The highest BCUT2D eigenvalue weighted by Gasteiger charge is 2.05. The third-order valence-electron chi connectivity index (χ3n) is 2.44. The molecule has 1 rings (SSSR count). The first-order valence-corrected chi connectivity index (χ1v) is 5.51. The highest BCUT2D eigenvalue weighted by atomic mass is 19.1. The maximum absolute atomic E-state index is 13.1. The lowest BCUT2D eigenvalue weighted by molar-refractivity contribution is -0.131. The van der Waals surface area contributed by atoms with Crippen LogP contribution in [0.2, 0.25) is 0 Å². The number of aliphatic hydroxyl groups excluding tert-OH is 1. The zero-order valence-electron chi connectivity index (χ0n) is 10.1. The van der Waals surface area contributed by atoms with E-state index in [0.717, 1.165) is 11.6 Å². The SMILES string of the molecule is CN(CCO)Cc1ccc(F)cc1/C=C/C(=O)O. The zero-order valence-corrected chi connectivity index (χ0v) is 10.1. The van der Waals surface area contributed by atoms with Crippen molar-refractivity contribution in [2.45, 2.75) is 6.54 Å². The molecule has 2 N–H and O–H groups in total. The summed E-state index contributed by atoms with van der Waals surface area (Å²) >= 11 is 0. The molecule has 0 bridgehead atoms. The van der Waals surface area contributed by atoms with Crippen molar-refractivity contribution >= 4 is 12.0 Å². The van der Waals surface area contributed by atoms with Crippen molar-refractivity contribution in [3.05, 3.63) is 41.2 Å². The minimum absolute atomic E-state index is 0.0397. The van der Waals surface area contributed by atoms with Crippen molar-refractivity contribution < 1.29 is 19.4 Å². The Balaban J connectivity index is 2.92. The number of likely N-dealkylation sites (N-methyl/N-ethyl adjacent to an activating group) is 1. The molecule has 0 unspecified atom stereocenters. The van der Waals surface area contributed by atoms with E-state index in [-0.39, 0.29) is 6.61 Å². The van der Waals surface area contributed by atoms with Gasteiger partial charge < -0.3 is 10.2 Å². The first-order valence-electron chi connectivity index (χ1n) is 5.51. The molecule has 1 aromatic carbocycles. The second-order valence-electron chi connectivity index (χ2n) is 3.98. The van der Waals surface area contributed by atoms with E-state index < -0.39 is 11.8 Å². The molecule has 0 aliphatic rings. The summed E-state index contributed by atoms with van der Waals surface area (Å²) in [4.78, 5) is 12.3. The van der Waals surface area contributed by atoms with Crippen LogP contribution in [0, 0.1) is 5.82 Å². The Kier molecular flexibility index (Phi) is 5.48. The number of aliphatic hydroxyl groups is 1. The maximum atomic E-state index is 13.1. The van der Waals surface area contributed by atoms with Gasteiger partial charge in [0, 0.05) is 19.2 Å². The Labute approximate surface area is 105 Å². The fourth-order valence-electron chi connectivity index (χ4n) is 1.57. The molecule has 1 aromatic rings. The molecular weight excluding hydrogens is 237 g/mol. The van der Waals surface area contributed by atoms with Crippen molar-refractivity contribution in [3.63, 3.8) is 0 Å². The van der Waals surface area contributed by atoms with E-state index in [0.29, 0.717) is 18.7 Å². The highest BCUT2D eigenvalue weighted by molar-refractivity contribution is 5.85. The van der Waals surface area contributed by atoms with Crippen LogP contribution in [0.5, 0.6) is 0 Å². The van der Waals surface area contributed by atoms with Crippen LogP contribution in [-0.2, 0) is 11.3 Å². The number of carboxylic acids is 1. The van der Waals surface area contributed by atoms with Crippen molar-refractivity contribution in [2.24, 2.45) is 0 Å². The van der Waals surface area contributed by atoms with Crippen LogP contribution in [0.3, 0.4) is 0 Å². The molecule has 18 heavy (non-hydrogen) atoms. The first kappa shape index (κ1) is 14.3. The first-order chi connectivity index (χ1) is 8.52. The lowest BCUT2D eigenvalue weighted by atomic mass is 10.1. The monoisotopic (exact) mass is 253 g/mol. The highest BCUT2D eigenvalue weighted by Crippen LogP contribution is 2.15. The molecular formula is C13H16FNO3. The van der Waals surface area contributed by atoms with Crippen LogP contribution in [0.15, 0.2) is 24.3 Å². The summed E-state index contributed by atoms with van der Waals surface area (Å²) in [7, 11) is 1.82. The number of benzene rings is 1. The zero-order chi connectivity index (χ0) is 13.5. The van der Waals surface area contributed by atoms with E-state index in [9.17, 15) is 9.18 Å². The normalized spacial score (nSPS) is 11.3. The molecule has 0 aliphatic carbocycles. The predicted molar refractivity (Wildman–Crippen MR) is 66.5 cm³/mol. The van der Waals surface area contributed by atoms with Gasteiger partial charge in [0.2, 0.25) is 0 Å². The Morgan fingerprint density at radius 3 is 2.83 bits per heavy atom. The molecule has 98 valence electrons. The van der Waals surface area contributed by atoms with Gasteiger partial charge in [0.25, 0.3) is 0 Å². The molecule has 0 saturated carbocycles. The topological polar surface area (TPSA) is 60.8 Å². The molecule has 0 atom stereocenters. The molecule has 0 heterocycles. The van der Waals surface area contributed by atoms with E-state index in [1.54, 1.807) is 6.07 Å². The number of aliphatic carboxylic acids is 1. The number of carbonyl (C=O) groups is 1. The van der Waals surface area contributed by atoms with Gasteiger partial charge in [-0.1, -0.05) is 6.07 Å². The van der Waals surface area contributed by atoms with Crippen LogP contribution >= 0.6 is 0 Å². The van der Waals surface area contributed by atoms with E-state index in [1.165, 1.54) is 18.2 Å². The van der Waals surface area contributed by atoms with Crippen LogP contribution < -0.4 is 0 Å². The lowest BCUT2D eigenvalue weighted by Gasteiger charge is -2.16. The van der Waals surface area contributed by atoms with E-state index in [1.807, 2.05) is 11.9 Å². The fraction of sp³-hybridized carbons (Fsp3) is 0.308. The molecule has 0 saturated heterocycles. The van der Waals surface area contributed by atoms with Gasteiger partial charge >= 0.3 is 5.97 Å². The molecule has 4 nitrogen and oxygen atoms in total. The number of rotatable bonds is 6. The molecule has 0 aromatic heterocycles. The number of halogens is 1. The van der Waals surface area contributed by atoms with Gasteiger partial charge in [0.05, 0.1) is 6.61 Å². The lowest BCUT2D eigenvalue weighted by Crippen LogP contribution is -2.21. The van der Waals surface area contributed by atoms with Gasteiger partial charge in [-0.2, -0.15) is 0 Å². The number of hydrogen-bond acceptors (Lipinski definition) is 3. The molecule has 0 aliphatic heterocycles. The van der Waals surface area contributed by atoms with E-state index >= 15 is 0 Å². The summed E-state index contributed by atoms with van der Waals surface area (Å²) < 4.78 is 13.1. The Bertz CT molecular complexity index is 446. The third kappa shape index (κ3) is 4.65. The van der Waals surface area contributed by atoms with Gasteiger partial charge in [0.15, 0.2) is 0 Å². The molecule has 0 fully saturated rings. The van der Waals surface area contributed by atoms with Gasteiger partial charge in [-0.15, -0.1) is 0 Å². The quantitative estimate of drug-likeness (QED) is 0.751. The van der Waals surface area contributed by atoms with E-state index in [4.69, 9.17) is 10.2 Å². The average Bonchev–Trinajstić information content (AvgIpc) is 2.29. The molecule has 0 amide bonds. The van der Waals surface area contributed by atoms with Gasteiger partial charge in [0.1, 0.15) is 5.82 Å². The summed E-state index contributed by atoms with van der Waals surface area (Å²) in [5.41, 5.74) is 1.34. The second kappa shape index (κ2) is 6.88. The number of carboxylic acid groups (broad SMARTS) is 1. The summed E-state index contributed by atoms with van der Waals surface area (Å²) in [6, 6.07) is 4.24. The smallest absolute Gasteiger partial charge is 0.328 e. The van der Waals surface area contributed by atoms with Gasteiger partial charge in [-0.3, -0.25) is 4.90 Å². The summed E-state index contributed by atoms with van der Waals surface area (Å²) in [5, 5.41) is 17.4. The molecule has 0 radical (unpaired) electrons. The van der Waals surface area contributed by atoms with Crippen molar-refractivity contribution in [3.8, 4) is 0 Å². The number of nitrogens with zero attached hydrogens (tertiary/aromatic N) is 1. The van der Waals surface area contributed by atoms with Crippen molar-refractivity contribution in [1.82, 2.24) is 4.90 Å². The summed E-state index contributed by atoms with van der Waals surface area (Å²) in [5.74, 6) is -1.48. The summed E-state index contributed by atoms with van der Waals surface area (Å²) in [6.45, 7) is 1.05. The fourth-order valence-corrected chi connectivity index (χ4v) is 1.57. The van der Waals surface area contributed by atoms with Crippen molar-refractivity contribution in [2.75, 3.05) is 20.2 Å². The van der Waals surface area contributed by atoms with Crippen LogP contribution in [0.25, 0.3) is 6.08 Å². The van der Waals surface area contributed by atoms with Gasteiger partial charge in [-0.25, -0.2) is 9.18 Å². The van der Waals surface area contributed by atoms with Crippen LogP contribution in [-0.4, -0.2) is 41.3 Å². The third-order valence-corrected chi connectivity index (χ3v) is 2.44. The molecule has 0 spiro atoms. The largest absolute Gasteiger partial charge is 0.478 e. The minimum Gasteiger partial charge on any atom is -0.478 e. The van der Waals surface area contributed by atoms with Crippen LogP contribution in [0.1, 0.15) is 11.1 Å². The van der Waals surface area contributed by atoms with E-state index in [2.05, 4.69) is 0 Å². The average molecular weight is 253 g/mol. The Morgan fingerprint density at radius 1 is 1.50 bits per heavy atom. The second-order valence-corrected chi connectivity index (χ2v) is 3.98. The maximum Gasteiger partial charge on any atom is 0.328 e. The Morgan fingerprint density at radius 2 is 2.22 bits per heavy atom. The number of hydrogen-bond donors (Lipinski definition) is 2. The Hall–Kier alpha value is -1.72. The standard InChI is InChI=1S/C13H16FNO3/c1-15(6-7-16)9-11-2-4-12(14)8-10(11)3-5-13(17)18/h2-5,8,16H,6-7,9H2,1H3,(H,17,18)/b5-3+. The summed E-state index contributed by atoms with van der Waals surface area (Å²) in [6.07, 6.45) is 2.35.